The second kappa shape index (κ2) is 11.4. The molecule has 2 aromatic heterocycles. The topological polar surface area (TPSA) is 61.8 Å². The van der Waals surface area contributed by atoms with E-state index < -0.39 is 0 Å². The Bertz CT molecular complexity index is 2850. The molecule has 5 heteroatoms. The second-order valence-electron chi connectivity index (χ2n) is 12.3. The lowest BCUT2D eigenvalue weighted by molar-refractivity contribution is 1.18. The van der Waals surface area contributed by atoms with Gasteiger partial charge in [-0.1, -0.05) is 78.9 Å². The van der Waals surface area contributed by atoms with E-state index in [9.17, 15) is 10.5 Å². The van der Waals surface area contributed by atoms with Crippen LogP contribution in [0.3, 0.4) is 0 Å². The van der Waals surface area contributed by atoms with E-state index in [1.807, 2.05) is 60.7 Å². The van der Waals surface area contributed by atoms with Gasteiger partial charge in [0.2, 0.25) is 0 Å². The van der Waals surface area contributed by atoms with Crippen molar-refractivity contribution in [2.24, 2.45) is 0 Å². The van der Waals surface area contributed by atoms with Crippen LogP contribution in [-0.2, 0) is 0 Å². The molecule has 2 heterocycles. The Morgan fingerprint density at radius 2 is 1.14 bits per heavy atom. The van der Waals surface area contributed by atoms with Crippen LogP contribution in [0.25, 0.3) is 82.1 Å². The zero-order valence-corrected chi connectivity index (χ0v) is 26.7. The number of hydrogen-bond donors (Lipinski definition) is 0. The maximum absolute atomic E-state index is 10.3. The summed E-state index contributed by atoms with van der Waals surface area (Å²) in [6, 6.07) is 55.7. The number of aromatic nitrogens is 2. The molecule has 0 bridgehead atoms. The van der Waals surface area contributed by atoms with Gasteiger partial charge < -0.3 is 9.13 Å². The predicted molar refractivity (Wildman–Crippen MR) is 202 cm³/mol. The molecule has 0 aliphatic rings. The molecule has 0 radical (unpaired) electrons. The first-order valence-corrected chi connectivity index (χ1v) is 16.3. The third kappa shape index (κ3) is 4.38. The molecule has 230 valence electrons. The maximum Gasteiger partial charge on any atom is 0.188 e. The first-order valence-electron chi connectivity index (χ1n) is 16.3. The quantitative estimate of drug-likeness (QED) is 0.181. The van der Waals surface area contributed by atoms with Crippen LogP contribution in [0.4, 0.5) is 5.69 Å². The fourth-order valence-corrected chi connectivity index (χ4v) is 7.38. The number of nitrogens with zero attached hydrogens (tertiary/aromatic N) is 5. The van der Waals surface area contributed by atoms with Crippen LogP contribution in [0, 0.1) is 29.2 Å². The SMILES string of the molecule is [C-]#[N+]c1ccc2c(c1)c1cc(C#N)ccc1n2-c1ccccc1-c1ccc(C#N)c(-c2cccc(-n3c4ccccc4c4ccccc43)c2)c1. The van der Waals surface area contributed by atoms with Gasteiger partial charge in [-0.15, -0.1) is 0 Å². The average Bonchev–Trinajstić information content (AvgIpc) is 3.69. The Morgan fingerprint density at radius 3 is 1.88 bits per heavy atom. The molecule has 0 aliphatic carbocycles. The number of rotatable bonds is 4. The summed E-state index contributed by atoms with van der Waals surface area (Å²) in [7, 11) is 0. The summed E-state index contributed by atoms with van der Waals surface area (Å²) in [6.45, 7) is 7.61. The molecular weight excluding hydrogens is 611 g/mol. The van der Waals surface area contributed by atoms with Crippen LogP contribution in [0.1, 0.15) is 11.1 Å². The van der Waals surface area contributed by atoms with Gasteiger partial charge >= 0.3 is 0 Å². The number of fused-ring (bicyclic) bond motifs is 6. The van der Waals surface area contributed by atoms with Crippen LogP contribution < -0.4 is 0 Å². The van der Waals surface area contributed by atoms with Crippen molar-refractivity contribution < 1.29 is 0 Å². The summed E-state index contributed by atoms with van der Waals surface area (Å²) in [4.78, 5) is 3.67. The lowest BCUT2D eigenvalue weighted by atomic mass is 9.94. The minimum Gasteiger partial charge on any atom is -0.309 e. The second-order valence-corrected chi connectivity index (χ2v) is 12.3. The van der Waals surface area contributed by atoms with Gasteiger partial charge in [0.15, 0.2) is 5.69 Å². The van der Waals surface area contributed by atoms with Gasteiger partial charge in [-0.3, -0.25) is 0 Å². The first-order chi connectivity index (χ1) is 24.7. The molecule has 0 spiro atoms. The van der Waals surface area contributed by atoms with E-state index in [0.29, 0.717) is 16.8 Å². The molecule has 0 unspecified atom stereocenters. The van der Waals surface area contributed by atoms with Gasteiger partial charge in [0.1, 0.15) is 0 Å². The fraction of sp³-hybridized carbons (Fsp3) is 0. The van der Waals surface area contributed by atoms with E-state index in [2.05, 4.69) is 117 Å². The van der Waals surface area contributed by atoms with Gasteiger partial charge in [0, 0.05) is 33.0 Å². The number of nitriles is 2. The highest BCUT2D eigenvalue weighted by Crippen LogP contribution is 2.40. The Labute approximate surface area is 288 Å². The van der Waals surface area contributed by atoms with Crippen molar-refractivity contribution in [2.75, 3.05) is 0 Å². The van der Waals surface area contributed by atoms with E-state index in [-0.39, 0.29) is 0 Å². The minimum atomic E-state index is 0.548. The van der Waals surface area contributed by atoms with Gasteiger partial charge in [-0.2, -0.15) is 10.5 Å². The van der Waals surface area contributed by atoms with Gasteiger partial charge in [0.05, 0.1) is 57.6 Å². The van der Waals surface area contributed by atoms with E-state index >= 15 is 0 Å². The number of para-hydroxylation sites is 3. The zero-order chi connectivity index (χ0) is 33.8. The minimum absolute atomic E-state index is 0.548. The maximum atomic E-state index is 10.3. The Balaban J connectivity index is 1.24. The van der Waals surface area contributed by atoms with E-state index in [4.69, 9.17) is 6.57 Å². The molecule has 0 saturated heterocycles. The summed E-state index contributed by atoms with van der Waals surface area (Å²) < 4.78 is 4.49. The van der Waals surface area contributed by atoms with Crippen LogP contribution in [0.15, 0.2) is 152 Å². The van der Waals surface area contributed by atoms with Crippen molar-refractivity contribution in [2.45, 2.75) is 0 Å². The lowest BCUT2D eigenvalue weighted by Gasteiger charge is -2.16. The zero-order valence-electron chi connectivity index (χ0n) is 26.7. The molecule has 0 aliphatic heterocycles. The highest BCUT2D eigenvalue weighted by Gasteiger charge is 2.18. The monoisotopic (exact) mass is 635 g/mol. The lowest BCUT2D eigenvalue weighted by Crippen LogP contribution is -1.98. The van der Waals surface area contributed by atoms with E-state index in [1.165, 1.54) is 10.8 Å². The highest BCUT2D eigenvalue weighted by atomic mass is 15.0. The highest BCUT2D eigenvalue weighted by molar-refractivity contribution is 6.11. The van der Waals surface area contributed by atoms with Crippen LogP contribution in [-0.4, -0.2) is 9.13 Å². The molecule has 0 amide bonds. The Hall–Kier alpha value is -7.39. The molecule has 0 N–H and O–H groups in total. The Kier molecular flexibility index (Phi) is 6.56. The van der Waals surface area contributed by atoms with Crippen molar-refractivity contribution in [3.63, 3.8) is 0 Å². The molecule has 9 rings (SSSR count). The molecule has 9 aromatic rings. The average molecular weight is 636 g/mol. The van der Waals surface area contributed by atoms with Crippen molar-refractivity contribution >= 4 is 49.3 Å². The Morgan fingerprint density at radius 1 is 0.480 bits per heavy atom. The van der Waals surface area contributed by atoms with Gasteiger partial charge in [0.25, 0.3) is 0 Å². The van der Waals surface area contributed by atoms with Gasteiger partial charge in [-0.25, -0.2) is 4.85 Å². The van der Waals surface area contributed by atoms with Crippen LogP contribution in [0.2, 0.25) is 0 Å². The van der Waals surface area contributed by atoms with Gasteiger partial charge in [-0.05, 0) is 89.3 Å². The van der Waals surface area contributed by atoms with Crippen molar-refractivity contribution in [1.82, 2.24) is 9.13 Å². The largest absolute Gasteiger partial charge is 0.309 e. The molecular formula is C45H25N5. The molecule has 0 atom stereocenters. The number of hydrogen-bond acceptors (Lipinski definition) is 2. The molecule has 7 aromatic carbocycles. The molecule has 0 saturated carbocycles. The number of benzene rings is 7. The van der Waals surface area contributed by atoms with Crippen molar-refractivity contribution in [1.29, 1.82) is 10.5 Å². The van der Waals surface area contributed by atoms with Crippen LogP contribution in [0.5, 0.6) is 0 Å². The predicted octanol–water partition coefficient (Wildman–Crippen LogP) is 11.5. The summed E-state index contributed by atoms with van der Waals surface area (Å²) in [5, 5.41) is 24.2. The third-order valence-corrected chi connectivity index (χ3v) is 9.60. The summed E-state index contributed by atoms with van der Waals surface area (Å²) in [6.07, 6.45) is 0. The molecule has 0 fully saturated rings. The summed E-state index contributed by atoms with van der Waals surface area (Å²) in [5.41, 5.74) is 11.6. The van der Waals surface area contributed by atoms with E-state index in [1.54, 1.807) is 0 Å². The van der Waals surface area contributed by atoms with Crippen molar-refractivity contribution in [3.05, 3.63) is 174 Å². The van der Waals surface area contributed by atoms with E-state index in [0.717, 1.165) is 66.5 Å². The normalized spacial score (nSPS) is 11.1. The third-order valence-electron chi connectivity index (χ3n) is 9.60. The fourth-order valence-electron chi connectivity index (χ4n) is 7.38. The van der Waals surface area contributed by atoms with Crippen LogP contribution >= 0.6 is 0 Å². The summed E-state index contributed by atoms with van der Waals surface area (Å²) in [5.74, 6) is 0. The first kappa shape index (κ1) is 28.8. The standard InChI is InChI=1S/C45H25N5/c1-48-33-20-22-45-40(26-33)39-23-29(27-46)17-21-44(39)50(45)41-14-5-2-11-35(41)31-18-19-32(28-47)38(25-31)30-9-8-10-34(24-30)49-42-15-6-3-12-36(42)37-13-4-7-16-43(37)49/h2-26H. The molecule has 50 heavy (non-hydrogen) atoms. The van der Waals surface area contributed by atoms with Crippen molar-refractivity contribution in [3.8, 4) is 45.8 Å². The summed E-state index contributed by atoms with van der Waals surface area (Å²) >= 11 is 0. The molecule has 5 nitrogen and oxygen atoms in total. The smallest absolute Gasteiger partial charge is 0.188 e.